The molecule has 1 amide bonds. The highest BCUT2D eigenvalue weighted by Crippen LogP contribution is 2.27. The number of aliphatic imine (C=N–C) groups is 1. The zero-order valence-corrected chi connectivity index (χ0v) is 18.8. The molecule has 1 aliphatic rings. The number of halogens is 1. The van der Waals surface area contributed by atoms with Crippen LogP contribution in [0.1, 0.15) is 38.7 Å². The van der Waals surface area contributed by atoms with Gasteiger partial charge in [-0.2, -0.15) is 0 Å². The van der Waals surface area contributed by atoms with Crippen LogP contribution in [0.3, 0.4) is 0 Å². The van der Waals surface area contributed by atoms with Gasteiger partial charge in [-0.15, -0.1) is 24.0 Å². The highest BCUT2D eigenvalue weighted by atomic mass is 127. The molecule has 0 aliphatic carbocycles. The van der Waals surface area contributed by atoms with Crippen molar-refractivity contribution in [3.63, 3.8) is 0 Å². The van der Waals surface area contributed by atoms with Crippen LogP contribution in [0.2, 0.25) is 0 Å². The second-order valence-electron chi connectivity index (χ2n) is 6.37. The van der Waals surface area contributed by atoms with Crippen LogP contribution in [-0.4, -0.2) is 51.3 Å². The van der Waals surface area contributed by atoms with Gasteiger partial charge in [-0.25, -0.2) is 4.99 Å². The Balaban J connectivity index is 0.00000364. The molecular weight excluding hydrogens is 455 g/mol. The molecule has 1 aromatic rings. The van der Waals surface area contributed by atoms with E-state index in [0.29, 0.717) is 5.96 Å². The molecule has 2 N–H and O–H groups in total. The van der Waals surface area contributed by atoms with Gasteiger partial charge in [0.2, 0.25) is 5.91 Å². The van der Waals surface area contributed by atoms with E-state index >= 15 is 0 Å². The van der Waals surface area contributed by atoms with Crippen molar-refractivity contribution in [1.82, 2.24) is 10.6 Å². The molecule has 0 radical (unpaired) electrons. The normalized spacial score (nSPS) is 13.1. The number of carbonyl (C=O) groups is 1. The van der Waals surface area contributed by atoms with Crippen molar-refractivity contribution in [3.05, 3.63) is 29.8 Å². The summed E-state index contributed by atoms with van der Waals surface area (Å²) in [5.74, 6) is 0.719. The van der Waals surface area contributed by atoms with E-state index in [-0.39, 0.29) is 36.4 Å². The van der Waals surface area contributed by atoms with Gasteiger partial charge in [0, 0.05) is 38.5 Å². The van der Waals surface area contributed by atoms with Gasteiger partial charge in [-0.1, -0.05) is 31.5 Å². The fourth-order valence-electron chi connectivity index (χ4n) is 2.90. The quantitative estimate of drug-likeness (QED) is 0.230. The summed E-state index contributed by atoms with van der Waals surface area (Å²) in [6.07, 6.45) is 4.10. The number of rotatable bonds is 10. The largest absolute Gasteiger partial charge is 0.381 e. The van der Waals surface area contributed by atoms with Crippen LogP contribution in [0.5, 0.6) is 0 Å². The zero-order valence-electron chi connectivity index (χ0n) is 16.5. The van der Waals surface area contributed by atoms with Crippen LogP contribution in [-0.2, 0) is 16.0 Å². The fraction of sp³-hybridized carbons (Fsp3) is 0.600. The first-order valence-electron chi connectivity index (χ1n) is 9.74. The summed E-state index contributed by atoms with van der Waals surface area (Å²) in [6, 6.07) is 8.08. The van der Waals surface area contributed by atoms with Crippen molar-refractivity contribution >= 4 is 41.5 Å². The summed E-state index contributed by atoms with van der Waals surface area (Å²) < 4.78 is 5.55. The molecule has 0 saturated heterocycles. The van der Waals surface area contributed by atoms with Crippen LogP contribution >= 0.6 is 24.0 Å². The number of guanidine groups is 1. The molecule has 7 heteroatoms. The first-order chi connectivity index (χ1) is 12.8. The predicted molar refractivity (Wildman–Crippen MR) is 122 cm³/mol. The molecule has 27 heavy (non-hydrogen) atoms. The lowest BCUT2D eigenvalue weighted by Crippen LogP contribution is -2.39. The number of carbonyl (C=O) groups excluding carboxylic acids is 1. The average Bonchev–Trinajstić information content (AvgIpc) is 3.09. The van der Waals surface area contributed by atoms with Gasteiger partial charge >= 0.3 is 0 Å². The van der Waals surface area contributed by atoms with Gasteiger partial charge in [0.25, 0.3) is 0 Å². The Kier molecular flexibility index (Phi) is 12.1. The van der Waals surface area contributed by atoms with Gasteiger partial charge in [0.05, 0.1) is 0 Å². The first-order valence-corrected chi connectivity index (χ1v) is 9.74. The second-order valence-corrected chi connectivity index (χ2v) is 6.37. The van der Waals surface area contributed by atoms with Gasteiger partial charge in [0.1, 0.15) is 6.54 Å². The van der Waals surface area contributed by atoms with Crippen molar-refractivity contribution in [2.75, 3.05) is 44.3 Å². The monoisotopic (exact) mass is 488 g/mol. The molecule has 1 aliphatic heterocycles. The van der Waals surface area contributed by atoms with Gasteiger partial charge < -0.3 is 20.3 Å². The van der Waals surface area contributed by atoms with Crippen molar-refractivity contribution in [2.24, 2.45) is 4.99 Å². The number of hydrogen-bond donors (Lipinski definition) is 2. The molecule has 0 aromatic heterocycles. The Morgan fingerprint density at radius 3 is 2.74 bits per heavy atom. The van der Waals surface area contributed by atoms with E-state index in [1.54, 1.807) is 0 Å². The van der Waals surface area contributed by atoms with Crippen molar-refractivity contribution in [1.29, 1.82) is 0 Å². The minimum atomic E-state index is 0. The Morgan fingerprint density at radius 1 is 1.19 bits per heavy atom. The third kappa shape index (κ3) is 8.04. The lowest BCUT2D eigenvalue weighted by Gasteiger charge is -2.17. The Labute approximate surface area is 180 Å². The molecule has 152 valence electrons. The van der Waals surface area contributed by atoms with E-state index in [1.165, 1.54) is 5.56 Å². The zero-order chi connectivity index (χ0) is 18.6. The number of nitrogens with zero attached hydrogens (tertiary/aromatic N) is 2. The topological polar surface area (TPSA) is 66.0 Å². The molecule has 0 fully saturated rings. The maximum atomic E-state index is 12.5. The van der Waals surface area contributed by atoms with E-state index in [0.717, 1.165) is 64.2 Å². The lowest BCUT2D eigenvalue weighted by atomic mass is 10.2. The van der Waals surface area contributed by atoms with Crippen LogP contribution in [0, 0.1) is 0 Å². The number of nitrogens with one attached hydrogen (secondary N) is 2. The maximum Gasteiger partial charge on any atom is 0.248 e. The Morgan fingerprint density at radius 2 is 1.96 bits per heavy atom. The third-order valence-corrected chi connectivity index (χ3v) is 4.30. The number of fused-ring (bicyclic) bond motifs is 1. The second kappa shape index (κ2) is 13.8. The standard InChI is InChI=1S/C20H32N4O2.HI/c1-3-5-14-26-15-8-12-22-20(21-4-2)23-16-19(25)24-13-11-17-9-6-7-10-18(17)24;/h6-7,9-10H,3-5,8,11-16H2,1-2H3,(H2,21,22,23);1H. The highest BCUT2D eigenvalue weighted by molar-refractivity contribution is 14.0. The number of benzene rings is 1. The Bertz CT molecular complexity index is 595. The number of amides is 1. The molecule has 0 unspecified atom stereocenters. The van der Waals surface area contributed by atoms with Crippen LogP contribution < -0.4 is 15.5 Å². The molecule has 1 heterocycles. The maximum absolute atomic E-state index is 12.5. The van der Waals surface area contributed by atoms with Crippen LogP contribution in [0.15, 0.2) is 29.3 Å². The summed E-state index contributed by atoms with van der Waals surface area (Å²) in [5, 5.41) is 6.45. The first kappa shape index (κ1) is 23.7. The molecule has 1 aromatic carbocycles. The third-order valence-electron chi connectivity index (χ3n) is 4.30. The predicted octanol–water partition coefficient (Wildman–Crippen LogP) is 2.96. The van der Waals surface area contributed by atoms with Crippen molar-refractivity contribution in [2.45, 2.75) is 39.5 Å². The molecule has 0 bridgehead atoms. The highest BCUT2D eigenvalue weighted by Gasteiger charge is 2.23. The van der Waals surface area contributed by atoms with E-state index in [2.05, 4.69) is 28.6 Å². The average molecular weight is 488 g/mol. The summed E-state index contributed by atoms with van der Waals surface area (Å²) in [4.78, 5) is 18.8. The number of ether oxygens (including phenoxy) is 1. The van der Waals surface area contributed by atoms with E-state index in [9.17, 15) is 4.79 Å². The number of hydrogen-bond acceptors (Lipinski definition) is 3. The van der Waals surface area contributed by atoms with Gasteiger partial charge in [-0.3, -0.25) is 4.79 Å². The Hall–Kier alpha value is -1.35. The smallest absolute Gasteiger partial charge is 0.248 e. The molecule has 0 spiro atoms. The number of anilines is 1. The lowest BCUT2D eigenvalue weighted by molar-refractivity contribution is -0.117. The van der Waals surface area contributed by atoms with Gasteiger partial charge in [-0.05, 0) is 37.8 Å². The summed E-state index contributed by atoms with van der Waals surface area (Å²) >= 11 is 0. The summed E-state index contributed by atoms with van der Waals surface area (Å²) in [6.45, 7) is 8.18. The van der Waals surface area contributed by atoms with Crippen molar-refractivity contribution in [3.8, 4) is 0 Å². The van der Waals surface area contributed by atoms with E-state index < -0.39 is 0 Å². The van der Waals surface area contributed by atoms with E-state index in [4.69, 9.17) is 4.74 Å². The number of unbranched alkanes of at least 4 members (excludes halogenated alkanes) is 1. The van der Waals surface area contributed by atoms with Crippen LogP contribution in [0.25, 0.3) is 0 Å². The summed E-state index contributed by atoms with van der Waals surface area (Å²) in [7, 11) is 0. The van der Waals surface area contributed by atoms with Crippen LogP contribution in [0.4, 0.5) is 5.69 Å². The molecule has 0 saturated carbocycles. The van der Waals surface area contributed by atoms with Crippen molar-refractivity contribution < 1.29 is 9.53 Å². The molecule has 2 rings (SSSR count). The minimum absolute atomic E-state index is 0. The molecule has 6 nitrogen and oxygen atoms in total. The van der Waals surface area contributed by atoms with E-state index in [1.807, 2.05) is 30.0 Å². The fourth-order valence-corrected chi connectivity index (χ4v) is 2.90. The minimum Gasteiger partial charge on any atom is -0.381 e. The number of para-hydroxylation sites is 1. The SMILES string of the molecule is CCCCOCCCNC(=NCC(=O)N1CCc2ccccc21)NCC.I. The van der Waals surface area contributed by atoms with Gasteiger partial charge in [0.15, 0.2) is 5.96 Å². The summed E-state index contributed by atoms with van der Waals surface area (Å²) in [5.41, 5.74) is 2.26. The molecule has 0 atom stereocenters. The molecular formula is C20H33IN4O2.